The second-order valence-electron chi connectivity index (χ2n) is 3.93. The van der Waals surface area contributed by atoms with E-state index in [-0.39, 0.29) is 17.1 Å². The molecule has 6 heteroatoms. The van der Waals surface area contributed by atoms with Crippen LogP contribution < -0.4 is 15.2 Å². The number of carboxylic acids is 1. The molecule has 3 N–H and O–H groups in total. The second-order valence-corrected chi connectivity index (χ2v) is 3.93. The molecule has 1 aromatic heterocycles. The Morgan fingerprint density at radius 3 is 2.75 bits per heavy atom. The number of carboxylic acid groups (broad SMARTS) is 1. The molecule has 0 fully saturated rings. The number of aromatic nitrogens is 1. The molecule has 1 heterocycles. The number of rotatable bonds is 5. The highest BCUT2D eigenvalue weighted by atomic mass is 16.5. The minimum absolute atomic E-state index is 0.0120. The predicted molar refractivity (Wildman–Crippen MR) is 73.3 cm³/mol. The number of aromatic carboxylic acids is 1. The summed E-state index contributed by atoms with van der Waals surface area (Å²) in [4.78, 5) is 14.7. The fourth-order valence-electron chi connectivity index (χ4n) is 1.58. The third-order valence-corrected chi connectivity index (χ3v) is 2.46. The number of carbonyl (C=O) groups is 1. The predicted octanol–water partition coefficient (Wildman–Crippen LogP) is 2.55. The first-order chi connectivity index (χ1) is 9.60. The Morgan fingerprint density at radius 2 is 2.10 bits per heavy atom. The van der Waals surface area contributed by atoms with Crippen LogP contribution in [0.5, 0.6) is 17.4 Å². The molecular formula is C14H14N2O4. The Hall–Kier alpha value is -2.76. The van der Waals surface area contributed by atoms with E-state index in [0.717, 1.165) is 0 Å². The zero-order valence-corrected chi connectivity index (χ0v) is 10.9. The van der Waals surface area contributed by atoms with Crippen molar-refractivity contribution < 1.29 is 19.4 Å². The molecule has 2 rings (SSSR count). The van der Waals surface area contributed by atoms with Crippen molar-refractivity contribution in [1.82, 2.24) is 4.98 Å². The average molecular weight is 274 g/mol. The average Bonchev–Trinajstić information content (AvgIpc) is 2.42. The third-order valence-electron chi connectivity index (χ3n) is 2.46. The Balaban J connectivity index is 2.21. The van der Waals surface area contributed by atoms with Gasteiger partial charge in [0.05, 0.1) is 17.9 Å². The van der Waals surface area contributed by atoms with E-state index in [0.29, 0.717) is 18.1 Å². The molecular weight excluding hydrogens is 260 g/mol. The van der Waals surface area contributed by atoms with E-state index in [1.54, 1.807) is 24.3 Å². The topological polar surface area (TPSA) is 94.7 Å². The molecule has 6 nitrogen and oxygen atoms in total. The monoisotopic (exact) mass is 274 g/mol. The number of benzene rings is 1. The van der Waals surface area contributed by atoms with Gasteiger partial charge in [0.1, 0.15) is 11.5 Å². The molecule has 0 amide bonds. The van der Waals surface area contributed by atoms with Gasteiger partial charge in [-0.2, -0.15) is 0 Å². The number of nitrogens with two attached hydrogens (primary N) is 1. The molecule has 0 saturated carbocycles. The lowest BCUT2D eigenvalue weighted by Crippen LogP contribution is -2.01. The Morgan fingerprint density at radius 1 is 1.35 bits per heavy atom. The SMILES string of the molecule is CCOc1cccc(Oc2ncc(C(=O)O)cc2N)c1. The van der Waals surface area contributed by atoms with E-state index >= 15 is 0 Å². The lowest BCUT2D eigenvalue weighted by atomic mass is 10.2. The maximum absolute atomic E-state index is 10.8. The van der Waals surface area contributed by atoms with Crippen molar-refractivity contribution in [3.8, 4) is 17.4 Å². The molecule has 0 bridgehead atoms. The van der Waals surface area contributed by atoms with Gasteiger partial charge in [0.2, 0.25) is 5.88 Å². The highest BCUT2D eigenvalue weighted by molar-refractivity contribution is 5.88. The molecule has 1 aromatic carbocycles. The largest absolute Gasteiger partial charge is 0.494 e. The van der Waals surface area contributed by atoms with E-state index in [4.69, 9.17) is 20.3 Å². The first-order valence-electron chi connectivity index (χ1n) is 5.99. The van der Waals surface area contributed by atoms with Crippen LogP contribution >= 0.6 is 0 Å². The van der Waals surface area contributed by atoms with Gasteiger partial charge in [-0.15, -0.1) is 0 Å². The quantitative estimate of drug-likeness (QED) is 0.870. The molecule has 0 radical (unpaired) electrons. The summed E-state index contributed by atoms with van der Waals surface area (Å²) < 4.78 is 10.9. The molecule has 104 valence electrons. The van der Waals surface area contributed by atoms with Crippen molar-refractivity contribution in [2.24, 2.45) is 0 Å². The summed E-state index contributed by atoms with van der Waals surface area (Å²) in [6.45, 7) is 2.44. The lowest BCUT2D eigenvalue weighted by molar-refractivity contribution is 0.0696. The number of hydrogen-bond donors (Lipinski definition) is 2. The molecule has 0 saturated heterocycles. The summed E-state index contributed by atoms with van der Waals surface area (Å²) in [6, 6.07) is 8.32. The first kappa shape index (κ1) is 13.7. The molecule has 0 aliphatic heterocycles. The molecule has 0 spiro atoms. The molecule has 0 aliphatic rings. The maximum Gasteiger partial charge on any atom is 0.337 e. The molecule has 20 heavy (non-hydrogen) atoms. The summed E-state index contributed by atoms with van der Waals surface area (Å²) in [5.74, 6) is 0.252. The summed E-state index contributed by atoms with van der Waals surface area (Å²) in [6.07, 6.45) is 1.19. The second kappa shape index (κ2) is 5.92. The van der Waals surface area contributed by atoms with E-state index in [2.05, 4.69) is 4.98 Å². The minimum atomic E-state index is -1.09. The zero-order chi connectivity index (χ0) is 14.5. The Labute approximate surface area is 115 Å². The standard InChI is InChI=1S/C14H14N2O4/c1-2-19-10-4-3-5-11(7-10)20-13-12(15)6-9(8-16-13)14(17)18/h3-8H,2,15H2,1H3,(H,17,18). The van der Waals surface area contributed by atoms with Crippen LogP contribution in [-0.4, -0.2) is 22.7 Å². The maximum atomic E-state index is 10.8. The smallest absolute Gasteiger partial charge is 0.337 e. The fourth-order valence-corrected chi connectivity index (χ4v) is 1.58. The zero-order valence-electron chi connectivity index (χ0n) is 10.9. The van der Waals surface area contributed by atoms with Crippen molar-refractivity contribution in [3.05, 3.63) is 42.1 Å². The first-order valence-corrected chi connectivity index (χ1v) is 5.99. The number of hydrogen-bond acceptors (Lipinski definition) is 5. The van der Waals surface area contributed by atoms with Crippen molar-refractivity contribution in [2.45, 2.75) is 6.92 Å². The van der Waals surface area contributed by atoms with Crippen molar-refractivity contribution >= 4 is 11.7 Å². The van der Waals surface area contributed by atoms with Crippen LogP contribution in [0, 0.1) is 0 Å². The fraction of sp³-hybridized carbons (Fsp3) is 0.143. The highest BCUT2D eigenvalue weighted by Gasteiger charge is 2.09. The van der Waals surface area contributed by atoms with Gasteiger partial charge in [0.15, 0.2) is 0 Å². The normalized spacial score (nSPS) is 10.1. The van der Waals surface area contributed by atoms with Gasteiger partial charge in [-0.05, 0) is 25.1 Å². The highest BCUT2D eigenvalue weighted by Crippen LogP contribution is 2.28. The van der Waals surface area contributed by atoms with Crippen LogP contribution in [0.25, 0.3) is 0 Å². The van der Waals surface area contributed by atoms with Crippen molar-refractivity contribution in [3.63, 3.8) is 0 Å². The molecule has 0 aliphatic carbocycles. The number of nitrogen functional groups attached to an aromatic ring is 1. The van der Waals surface area contributed by atoms with Crippen LogP contribution in [0.1, 0.15) is 17.3 Å². The number of pyridine rings is 1. The van der Waals surface area contributed by atoms with E-state index in [1.165, 1.54) is 12.3 Å². The minimum Gasteiger partial charge on any atom is -0.494 e. The van der Waals surface area contributed by atoms with Gasteiger partial charge in [-0.25, -0.2) is 9.78 Å². The molecule has 0 atom stereocenters. The van der Waals surface area contributed by atoms with E-state index < -0.39 is 5.97 Å². The van der Waals surface area contributed by atoms with Gasteiger partial charge in [-0.1, -0.05) is 6.07 Å². The van der Waals surface area contributed by atoms with Crippen LogP contribution in [0.3, 0.4) is 0 Å². The van der Waals surface area contributed by atoms with Crippen LogP contribution in [0.15, 0.2) is 36.5 Å². The number of ether oxygens (including phenoxy) is 2. The molecule has 0 unspecified atom stereocenters. The summed E-state index contributed by atoms with van der Waals surface area (Å²) in [5, 5.41) is 8.83. The number of nitrogens with zero attached hydrogens (tertiary/aromatic N) is 1. The summed E-state index contributed by atoms with van der Waals surface area (Å²) in [5.41, 5.74) is 5.89. The van der Waals surface area contributed by atoms with Crippen LogP contribution in [0.4, 0.5) is 5.69 Å². The van der Waals surface area contributed by atoms with Gasteiger partial charge in [0, 0.05) is 12.3 Å². The van der Waals surface area contributed by atoms with Gasteiger partial charge in [-0.3, -0.25) is 0 Å². The van der Waals surface area contributed by atoms with E-state index in [1.807, 2.05) is 6.92 Å². The lowest BCUT2D eigenvalue weighted by Gasteiger charge is -2.09. The van der Waals surface area contributed by atoms with Crippen molar-refractivity contribution in [1.29, 1.82) is 0 Å². The van der Waals surface area contributed by atoms with E-state index in [9.17, 15) is 4.79 Å². The van der Waals surface area contributed by atoms with Crippen LogP contribution in [-0.2, 0) is 0 Å². The third kappa shape index (κ3) is 3.17. The summed E-state index contributed by atoms with van der Waals surface area (Å²) in [7, 11) is 0. The van der Waals surface area contributed by atoms with Gasteiger partial charge in [0.25, 0.3) is 0 Å². The van der Waals surface area contributed by atoms with Gasteiger partial charge < -0.3 is 20.3 Å². The van der Waals surface area contributed by atoms with Crippen molar-refractivity contribution in [2.75, 3.05) is 12.3 Å². The number of anilines is 1. The Bertz CT molecular complexity index is 628. The Kier molecular flexibility index (Phi) is 4.05. The van der Waals surface area contributed by atoms with Crippen LogP contribution in [0.2, 0.25) is 0 Å². The summed E-state index contributed by atoms with van der Waals surface area (Å²) >= 11 is 0. The van der Waals surface area contributed by atoms with Gasteiger partial charge >= 0.3 is 5.97 Å². The molecule has 2 aromatic rings.